The van der Waals surface area contributed by atoms with Crippen LogP contribution in [0.3, 0.4) is 0 Å². The van der Waals surface area contributed by atoms with Crippen LogP contribution < -0.4 is 10.5 Å². The van der Waals surface area contributed by atoms with Crippen molar-refractivity contribution in [3.05, 3.63) is 30.0 Å². The molecule has 1 aromatic carbocycles. The minimum absolute atomic E-state index is 0.663. The Morgan fingerprint density at radius 1 is 1.09 bits per heavy atom. The smallest absolute Gasteiger partial charge is 0.120 e. The van der Waals surface area contributed by atoms with Gasteiger partial charge in [-0.3, -0.25) is 0 Å². The summed E-state index contributed by atoms with van der Waals surface area (Å²) in [5.41, 5.74) is 8.04. The Labute approximate surface area is 133 Å². The van der Waals surface area contributed by atoms with Gasteiger partial charge in [-0.15, -0.1) is 0 Å². The van der Waals surface area contributed by atoms with Crippen LogP contribution in [0.15, 0.2) is 24.4 Å². The van der Waals surface area contributed by atoms with E-state index in [0.29, 0.717) is 6.54 Å². The van der Waals surface area contributed by atoms with E-state index in [9.17, 15) is 0 Å². The summed E-state index contributed by atoms with van der Waals surface area (Å²) in [5.74, 6) is 0.928. The number of ether oxygens (including phenoxy) is 2. The van der Waals surface area contributed by atoms with Crippen molar-refractivity contribution in [2.24, 2.45) is 5.73 Å². The number of H-pyrrole nitrogens is 1. The summed E-state index contributed by atoms with van der Waals surface area (Å²) in [6.45, 7) is 5.29. The Kier molecular flexibility index (Phi) is 7.26. The molecule has 0 saturated heterocycles. The molecule has 3 N–H and O–H groups in total. The lowest BCUT2D eigenvalue weighted by atomic mass is 10.1. The fourth-order valence-corrected chi connectivity index (χ4v) is 2.45. The van der Waals surface area contributed by atoms with Crippen LogP contribution in [0.2, 0.25) is 0 Å². The van der Waals surface area contributed by atoms with E-state index in [4.69, 9.17) is 15.2 Å². The molecule has 0 aliphatic heterocycles. The van der Waals surface area contributed by atoms with Crippen LogP contribution in [0.4, 0.5) is 0 Å². The minimum Gasteiger partial charge on any atom is -0.494 e. The van der Waals surface area contributed by atoms with Crippen LogP contribution in [-0.2, 0) is 11.2 Å². The number of fused-ring (bicyclic) bond motifs is 1. The van der Waals surface area contributed by atoms with Crippen LogP contribution in [0.25, 0.3) is 10.9 Å². The second-order valence-electron chi connectivity index (χ2n) is 5.58. The van der Waals surface area contributed by atoms with E-state index in [-0.39, 0.29) is 0 Å². The van der Waals surface area contributed by atoms with Crippen molar-refractivity contribution >= 4 is 10.9 Å². The zero-order valence-corrected chi connectivity index (χ0v) is 13.6. The maximum absolute atomic E-state index is 5.84. The second kappa shape index (κ2) is 9.49. The summed E-state index contributed by atoms with van der Waals surface area (Å²) in [6, 6.07) is 6.19. The molecule has 122 valence electrons. The number of benzene rings is 1. The number of rotatable bonds is 11. The normalized spacial score (nSPS) is 11.2. The van der Waals surface area contributed by atoms with Gasteiger partial charge in [-0.05, 0) is 56.0 Å². The standard InChI is InChI=1S/C18H28N2O2/c1-2-3-10-21-11-4-5-12-22-16-6-7-18-17(13-16)15(8-9-19)14-20-18/h6-7,13-14,20H,2-5,8-12,19H2,1H3. The highest BCUT2D eigenvalue weighted by molar-refractivity contribution is 5.84. The average Bonchev–Trinajstić information content (AvgIpc) is 2.93. The third kappa shape index (κ3) is 5.04. The molecule has 0 amide bonds. The number of aromatic nitrogens is 1. The van der Waals surface area contributed by atoms with Gasteiger partial charge in [-0.2, -0.15) is 0 Å². The van der Waals surface area contributed by atoms with Gasteiger partial charge in [0.1, 0.15) is 5.75 Å². The molecule has 0 unspecified atom stereocenters. The molecule has 1 aromatic heterocycles. The molecular formula is C18H28N2O2. The summed E-state index contributed by atoms with van der Waals surface area (Å²) in [6.07, 6.45) is 7.34. The van der Waals surface area contributed by atoms with Gasteiger partial charge in [0.2, 0.25) is 0 Å². The zero-order valence-electron chi connectivity index (χ0n) is 13.6. The van der Waals surface area contributed by atoms with Gasteiger partial charge in [0, 0.05) is 30.3 Å². The van der Waals surface area contributed by atoms with E-state index >= 15 is 0 Å². The van der Waals surface area contributed by atoms with Gasteiger partial charge < -0.3 is 20.2 Å². The van der Waals surface area contributed by atoms with Crippen LogP contribution in [0.1, 0.15) is 38.2 Å². The summed E-state index contributed by atoms with van der Waals surface area (Å²) < 4.78 is 11.4. The molecule has 0 bridgehead atoms. The molecule has 4 heteroatoms. The van der Waals surface area contributed by atoms with Crippen molar-refractivity contribution in [2.45, 2.75) is 39.0 Å². The molecule has 22 heavy (non-hydrogen) atoms. The number of nitrogens with two attached hydrogens (primary N) is 1. The number of unbranched alkanes of at least 4 members (excludes halogenated alkanes) is 2. The van der Waals surface area contributed by atoms with Gasteiger partial charge in [0.15, 0.2) is 0 Å². The number of hydrogen-bond acceptors (Lipinski definition) is 3. The molecule has 0 spiro atoms. The average molecular weight is 304 g/mol. The zero-order chi connectivity index (χ0) is 15.6. The lowest BCUT2D eigenvalue weighted by molar-refractivity contribution is 0.123. The van der Waals surface area contributed by atoms with E-state index in [1.165, 1.54) is 17.4 Å². The monoisotopic (exact) mass is 304 g/mol. The molecule has 0 saturated carbocycles. The van der Waals surface area contributed by atoms with Crippen molar-refractivity contribution in [3.8, 4) is 5.75 Å². The molecule has 0 aliphatic carbocycles. The first kappa shape index (κ1) is 16.8. The molecule has 0 atom stereocenters. The number of aromatic amines is 1. The lowest BCUT2D eigenvalue weighted by Crippen LogP contribution is -2.02. The van der Waals surface area contributed by atoms with Gasteiger partial charge in [-0.25, -0.2) is 0 Å². The summed E-state index contributed by atoms with van der Waals surface area (Å²) in [4.78, 5) is 3.27. The van der Waals surface area contributed by atoms with E-state index in [2.05, 4.69) is 24.0 Å². The highest BCUT2D eigenvalue weighted by Gasteiger charge is 2.04. The Hall–Kier alpha value is -1.52. The predicted molar refractivity (Wildman–Crippen MR) is 91.5 cm³/mol. The van der Waals surface area contributed by atoms with E-state index < -0.39 is 0 Å². The van der Waals surface area contributed by atoms with Crippen molar-refractivity contribution in [1.29, 1.82) is 0 Å². The molecule has 1 heterocycles. The van der Waals surface area contributed by atoms with Crippen LogP contribution in [0, 0.1) is 0 Å². The largest absolute Gasteiger partial charge is 0.494 e. The Morgan fingerprint density at radius 3 is 2.73 bits per heavy atom. The predicted octanol–water partition coefficient (Wildman–Crippen LogP) is 3.64. The van der Waals surface area contributed by atoms with E-state index in [1.54, 1.807) is 0 Å². The van der Waals surface area contributed by atoms with Crippen molar-refractivity contribution in [3.63, 3.8) is 0 Å². The molecule has 4 nitrogen and oxygen atoms in total. The molecule has 2 rings (SSSR count). The maximum atomic E-state index is 5.84. The molecule has 2 aromatic rings. The summed E-state index contributed by atoms with van der Waals surface area (Å²) >= 11 is 0. The Balaban J connectivity index is 1.73. The minimum atomic E-state index is 0.663. The molecular weight excluding hydrogens is 276 g/mol. The first-order chi connectivity index (χ1) is 10.8. The van der Waals surface area contributed by atoms with Crippen molar-refractivity contribution in [2.75, 3.05) is 26.4 Å². The number of nitrogens with one attached hydrogen (secondary N) is 1. The van der Waals surface area contributed by atoms with Crippen LogP contribution in [0.5, 0.6) is 5.75 Å². The number of hydrogen-bond donors (Lipinski definition) is 2. The fraction of sp³-hybridized carbons (Fsp3) is 0.556. The lowest BCUT2D eigenvalue weighted by Gasteiger charge is -2.07. The van der Waals surface area contributed by atoms with Gasteiger partial charge in [0.25, 0.3) is 0 Å². The van der Waals surface area contributed by atoms with Crippen molar-refractivity contribution in [1.82, 2.24) is 4.98 Å². The Bertz CT molecular complexity index is 551. The molecule has 0 radical (unpaired) electrons. The highest BCUT2D eigenvalue weighted by Crippen LogP contribution is 2.24. The topological polar surface area (TPSA) is 60.3 Å². The maximum Gasteiger partial charge on any atom is 0.120 e. The SMILES string of the molecule is CCCCOCCCCOc1ccc2[nH]cc(CCN)c2c1. The Morgan fingerprint density at radius 2 is 1.91 bits per heavy atom. The third-order valence-corrected chi connectivity index (χ3v) is 3.75. The second-order valence-corrected chi connectivity index (χ2v) is 5.58. The fourth-order valence-electron chi connectivity index (χ4n) is 2.45. The van der Waals surface area contributed by atoms with Crippen LogP contribution >= 0.6 is 0 Å². The third-order valence-electron chi connectivity index (χ3n) is 3.75. The van der Waals surface area contributed by atoms with Gasteiger partial charge in [0.05, 0.1) is 6.61 Å². The van der Waals surface area contributed by atoms with Gasteiger partial charge >= 0.3 is 0 Å². The first-order valence-corrected chi connectivity index (χ1v) is 8.35. The highest BCUT2D eigenvalue weighted by atomic mass is 16.5. The summed E-state index contributed by atoms with van der Waals surface area (Å²) in [7, 11) is 0. The van der Waals surface area contributed by atoms with E-state index in [1.807, 2.05) is 12.3 Å². The first-order valence-electron chi connectivity index (χ1n) is 8.35. The quantitative estimate of drug-likeness (QED) is 0.623. The van der Waals surface area contributed by atoms with E-state index in [0.717, 1.165) is 56.8 Å². The van der Waals surface area contributed by atoms with Crippen molar-refractivity contribution < 1.29 is 9.47 Å². The molecule has 0 aliphatic rings. The molecule has 0 fully saturated rings. The van der Waals surface area contributed by atoms with Crippen LogP contribution in [-0.4, -0.2) is 31.3 Å². The van der Waals surface area contributed by atoms with Gasteiger partial charge in [-0.1, -0.05) is 13.3 Å². The summed E-state index contributed by atoms with van der Waals surface area (Å²) in [5, 5.41) is 1.21.